The molecule has 3 heterocycles. The monoisotopic (exact) mass is 388 g/mol. The second kappa shape index (κ2) is 7.24. The molecule has 1 N–H and O–H groups in total. The summed E-state index contributed by atoms with van der Waals surface area (Å²) in [5, 5.41) is 9.11. The Bertz CT molecular complexity index is 719. The van der Waals surface area contributed by atoms with E-state index in [1.165, 1.54) is 23.3 Å². The number of alkyl halides is 3. The van der Waals surface area contributed by atoms with Crippen LogP contribution in [-0.4, -0.2) is 64.5 Å². The molecule has 3 rings (SSSR count). The van der Waals surface area contributed by atoms with Crippen LogP contribution in [0.1, 0.15) is 29.8 Å². The van der Waals surface area contributed by atoms with Gasteiger partial charge < -0.3 is 19.3 Å². The highest BCUT2D eigenvalue weighted by molar-refractivity contribution is 5.96. The summed E-state index contributed by atoms with van der Waals surface area (Å²) in [4.78, 5) is 38.9. The SMILES string of the molecule is O=C(O)[C@@H]1CN(C(=O)C2CCCCN2C(=O)c2ccco2)C[C@H]1C(F)(F)F. The summed E-state index contributed by atoms with van der Waals surface area (Å²) >= 11 is 0. The average Bonchev–Trinajstić information content (AvgIpc) is 3.29. The molecule has 1 unspecified atom stereocenters. The van der Waals surface area contributed by atoms with E-state index in [1.54, 1.807) is 0 Å². The van der Waals surface area contributed by atoms with Crippen molar-refractivity contribution in [2.45, 2.75) is 31.5 Å². The summed E-state index contributed by atoms with van der Waals surface area (Å²) in [7, 11) is 0. The number of rotatable bonds is 3. The molecule has 2 saturated heterocycles. The summed E-state index contributed by atoms with van der Waals surface area (Å²) in [5.74, 6) is -6.50. The molecule has 7 nitrogen and oxygen atoms in total. The molecule has 0 spiro atoms. The Morgan fingerprint density at radius 2 is 1.93 bits per heavy atom. The maximum absolute atomic E-state index is 13.2. The van der Waals surface area contributed by atoms with Gasteiger partial charge in [-0.15, -0.1) is 0 Å². The van der Waals surface area contributed by atoms with E-state index in [1.807, 2.05) is 0 Å². The van der Waals surface area contributed by atoms with E-state index in [4.69, 9.17) is 9.52 Å². The predicted molar refractivity (Wildman–Crippen MR) is 84.6 cm³/mol. The van der Waals surface area contributed by atoms with Crippen molar-refractivity contribution in [1.29, 1.82) is 0 Å². The molecule has 0 saturated carbocycles. The molecule has 0 radical (unpaired) electrons. The quantitative estimate of drug-likeness (QED) is 0.855. The van der Waals surface area contributed by atoms with Crippen molar-refractivity contribution >= 4 is 17.8 Å². The normalized spacial score (nSPS) is 26.3. The maximum atomic E-state index is 13.2. The number of nitrogens with zero attached hydrogens (tertiary/aromatic N) is 2. The van der Waals surface area contributed by atoms with Crippen LogP contribution >= 0.6 is 0 Å². The molecule has 0 aliphatic carbocycles. The number of carboxylic acids is 1. The van der Waals surface area contributed by atoms with Crippen LogP contribution in [0.2, 0.25) is 0 Å². The molecule has 2 amide bonds. The summed E-state index contributed by atoms with van der Waals surface area (Å²) < 4.78 is 44.6. The van der Waals surface area contributed by atoms with Gasteiger partial charge in [0.2, 0.25) is 5.91 Å². The average molecular weight is 388 g/mol. The second-order valence-electron chi connectivity index (χ2n) is 6.82. The molecule has 2 fully saturated rings. The molecular weight excluding hydrogens is 369 g/mol. The number of furan rings is 1. The van der Waals surface area contributed by atoms with Crippen LogP contribution in [0.5, 0.6) is 0 Å². The fourth-order valence-electron chi connectivity index (χ4n) is 3.75. The van der Waals surface area contributed by atoms with Crippen molar-refractivity contribution in [2.75, 3.05) is 19.6 Å². The Kier molecular flexibility index (Phi) is 5.16. The van der Waals surface area contributed by atoms with Crippen molar-refractivity contribution in [1.82, 2.24) is 9.80 Å². The number of carbonyl (C=O) groups is 3. The molecule has 0 bridgehead atoms. The van der Waals surface area contributed by atoms with Crippen molar-refractivity contribution in [3.8, 4) is 0 Å². The van der Waals surface area contributed by atoms with Crippen LogP contribution in [0, 0.1) is 11.8 Å². The lowest BCUT2D eigenvalue weighted by molar-refractivity contribution is -0.188. The maximum Gasteiger partial charge on any atom is 0.394 e. The van der Waals surface area contributed by atoms with Crippen LogP contribution in [0.25, 0.3) is 0 Å². The standard InChI is InChI=1S/C17H19F3N2O5/c18-17(19,20)11-9-21(8-10(11)16(25)26)14(23)12-4-1-2-6-22(12)15(24)13-5-3-7-27-13/h3,5,7,10-12H,1-2,4,6,8-9H2,(H,25,26)/t10-,11-,12?/m1/s1. The second-order valence-corrected chi connectivity index (χ2v) is 6.82. The van der Waals surface area contributed by atoms with Gasteiger partial charge in [-0.2, -0.15) is 13.2 Å². The lowest BCUT2D eigenvalue weighted by atomic mass is 9.96. The van der Waals surface area contributed by atoms with Crippen LogP contribution in [0.15, 0.2) is 22.8 Å². The summed E-state index contributed by atoms with van der Waals surface area (Å²) in [6.45, 7) is -0.939. The zero-order valence-corrected chi connectivity index (χ0v) is 14.3. The van der Waals surface area contributed by atoms with Gasteiger partial charge >= 0.3 is 12.1 Å². The van der Waals surface area contributed by atoms with Crippen LogP contribution in [-0.2, 0) is 9.59 Å². The lowest BCUT2D eigenvalue weighted by Crippen LogP contribution is -2.52. The Balaban J connectivity index is 1.79. The highest BCUT2D eigenvalue weighted by atomic mass is 19.4. The largest absolute Gasteiger partial charge is 0.481 e. The molecule has 27 heavy (non-hydrogen) atoms. The van der Waals surface area contributed by atoms with Gasteiger partial charge in [0.05, 0.1) is 18.1 Å². The van der Waals surface area contributed by atoms with Crippen molar-refractivity contribution in [2.24, 2.45) is 11.8 Å². The molecule has 0 aromatic carbocycles. The van der Waals surface area contributed by atoms with Gasteiger partial charge in [0.15, 0.2) is 5.76 Å². The Morgan fingerprint density at radius 1 is 1.19 bits per heavy atom. The van der Waals surface area contributed by atoms with Crippen LogP contribution in [0.3, 0.4) is 0 Å². The highest BCUT2D eigenvalue weighted by Crippen LogP contribution is 2.38. The molecule has 2 aliphatic heterocycles. The highest BCUT2D eigenvalue weighted by Gasteiger charge is 2.54. The van der Waals surface area contributed by atoms with Gasteiger partial charge in [-0.3, -0.25) is 14.4 Å². The fourth-order valence-corrected chi connectivity index (χ4v) is 3.75. The van der Waals surface area contributed by atoms with Gasteiger partial charge in [0, 0.05) is 19.6 Å². The van der Waals surface area contributed by atoms with Crippen LogP contribution < -0.4 is 0 Å². The zero-order chi connectivity index (χ0) is 19.8. The number of aliphatic carboxylic acids is 1. The van der Waals surface area contributed by atoms with Gasteiger partial charge in [0.25, 0.3) is 5.91 Å². The van der Waals surface area contributed by atoms with E-state index in [2.05, 4.69) is 0 Å². The summed E-state index contributed by atoms with van der Waals surface area (Å²) in [5.41, 5.74) is 0. The minimum Gasteiger partial charge on any atom is -0.481 e. The number of amides is 2. The predicted octanol–water partition coefficient (Wildman–Crippen LogP) is 2.00. The first kappa shape index (κ1) is 19.2. The van der Waals surface area contributed by atoms with Crippen LogP contribution in [0.4, 0.5) is 13.2 Å². The summed E-state index contributed by atoms with van der Waals surface area (Å²) in [6.07, 6.45) is -1.76. The minimum atomic E-state index is -4.71. The van der Waals surface area contributed by atoms with E-state index < -0.39 is 54.9 Å². The lowest BCUT2D eigenvalue weighted by Gasteiger charge is -2.36. The number of hydrogen-bond donors (Lipinski definition) is 1. The number of hydrogen-bond acceptors (Lipinski definition) is 4. The van der Waals surface area contributed by atoms with Crippen molar-refractivity contribution in [3.63, 3.8) is 0 Å². The molecule has 1 aromatic rings. The third-order valence-corrected chi connectivity index (χ3v) is 5.15. The first-order valence-electron chi connectivity index (χ1n) is 8.63. The number of carbonyl (C=O) groups excluding carboxylic acids is 2. The first-order chi connectivity index (χ1) is 12.7. The third kappa shape index (κ3) is 3.79. The van der Waals surface area contributed by atoms with E-state index in [9.17, 15) is 27.6 Å². The molecular formula is C17H19F3N2O5. The van der Waals surface area contributed by atoms with Crippen molar-refractivity contribution in [3.05, 3.63) is 24.2 Å². The van der Waals surface area contributed by atoms with E-state index in [0.29, 0.717) is 19.3 Å². The first-order valence-corrected chi connectivity index (χ1v) is 8.63. The van der Waals surface area contributed by atoms with Gasteiger partial charge in [-0.05, 0) is 31.4 Å². The van der Waals surface area contributed by atoms with Gasteiger partial charge in [-0.1, -0.05) is 0 Å². The molecule has 148 valence electrons. The Labute approximate surface area is 152 Å². The topological polar surface area (TPSA) is 91.1 Å². The zero-order valence-electron chi connectivity index (χ0n) is 14.3. The molecule has 3 atom stereocenters. The number of carboxylic acid groups (broad SMARTS) is 1. The molecule has 1 aromatic heterocycles. The number of halogens is 3. The smallest absolute Gasteiger partial charge is 0.394 e. The van der Waals surface area contributed by atoms with E-state index in [0.717, 1.165) is 4.90 Å². The van der Waals surface area contributed by atoms with E-state index in [-0.39, 0.29) is 12.3 Å². The summed E-state index contributed by atoms with van der Waals surface area (Å²) in [6, 6.07) is 2.06. The molecule has 10 heteroatoms. The van der Waals surface area contributed by atoms with Crippen molar-refractivity contribution < 1.29 is 37.1 Å². The minimum absolute atomic E-state index is 0.0488. The number of likely N-dealkylation sites (tertiary alicyclic amines) is 2. The Morgan fingerprint density at radius 3 is 2.48 bits per heavy atom. The van der Waals surface area contributed by atoms with E-state index >= 15 is 0 Å². The fraction of sp³-hybridized carbons (Fsp3) is 0.588. The van der Waals surface area contributed by atoms with Gasteiger partial charge in [-0.25, -0.2) is 0 Å². The third-order valence-electron chi connectivity index (χ3n) is 5.15. The Hall–Kier alpha value is -2.52. The molecule has 2 aliphatic rings. The van der Waals surface area contributed by atoms with Gasteiger partial charge in [0.1, 0.15) is 6.04 Å². The number of piperidine rings is 1.